The molecular weight excluding hydrogens is 212 g/mol. The van der Waals surface area contributed by atoms with E-state index in [0.717, 1.165) is 31.0 Å². The molecule has 0 aliphatic heterocycles. The van der Waals surface area contributed by atoms with Crippen LogP contribution >= 0.6 is 11.8 Å². The molecule has 0 aromatic carbocycles. The Balaban J connectivity index is 4.23. The summed E-state index contributed by atoms with van der Waals surface area (Å²) in [6.45, 7) is 6.96. The molecule has 0 rings (SSSR count). The fourth-order valence-electron chi connectivity index (χ4n) is 1.09. The predicted molar refractivity (Wildman–Crippen MR) is 63.8 cm³/mol. The number of carbonyl (C=O) groups excluding carboxylic acids is 1. The SMILES string of the molecule is C=C(C)C(=O)SC(CCCC)C(O)CO. The number of rotatable bonds is 7. The van der Waals surface area contributed by atoms with Gasteiger partial charge in [0.05, 0.1) is 12.7 Å². The van der Waals surface area contributed by atoms with Gasteiger partial charge in [-0.1, -0.05) is 38.1 Å². The molecule has 0 aliphatic carbocycles. The first-order valence-electron chi connectivity index (χ1n) is 5.18. The van der Waals surface area contributed by atoms with Gasteiger partial charge >= 0.3 is 0 Å². The van der Waals surface area contributed by atoms with Crippen LogP contribution in [-0.2, 0) is 4.79 Å². The lowest BCUT2D eigenvalue weighted by Crippen LogP contribution is -2.28. The fraction of sp³-hybridized carbons (Fsp3) is 0.727. The normalized spacial score (nSPS) is 14.7. The quantitative estimate of drug-likeness (QED) is 0.656. The molecule has 15 heavy (non-hydrogen) atoms. The van der Waals surface area contributed by atoms with Gasteiger partial charge in [0.15, 0.2) is 0 Å². The van der Waals surface area contributed by atoms with Crippen LogP contribution in [0.15, 0.2) is 12.2 Å². The van der Waals surface area contributed by atoms with E-state index in [1.165, 1.54) is 0 Å². The molecule has 0 radical (unpaired) electrons. The van der Waals surface area contributed by atoms with E-state index < -0.39 is 6.10 Å². The number of aliphatic hydroxyl groups is 2. The van der Waals surface area contributed by atoms with Crippen LogP contribution < -0.4 is 0 Å². The molecule has 0 saturated carbocycles. The van der Waals surface area contributed by atoms with Crippen molar-refractivity contribution in [3.05, 3.63) is 12.2 Å². The summed E-state index contributed by atoms with van der Waals surface area (Å²) in [6.07, 6.45) is 1.86. The lowest BCUT2D eigenvalue weighted by molar-refractivity contribution is -0.107. The largest absolute Gasteiger partial charge is 0.394 e. The number of thioether (sulfide) groups is 1. The summed E-state index contributed by atoms with van der Waals surface area (Å²) in [6, 6.07) is 0. The predicted octanol–water partition coefficient (Wildman–Crippen LogP) is 1.73. The molecule has 2 atom stereocenters. The van der Waals surface area contributed by atoms with Gasteiger partial charge in [0.2, 0.25) is 5.12 Å². The third kappa shape index (κ3) is 5.97. The van der Waals surface area contributed by atoms with E-state index in [2.05, 4.69) is 6.58 Å². The third-order valence-corrected chi connectivity index (χ3v) is 3.48. The first-order chi connectivity index (χ1) is 7.02. The average molecular weight is 232 g/mol. The molecule has 0 heterocycles. The van der Waals surface area contributed by atoms with Crippen molar-refractivity contribution in [3.8, 4) is 0 Å². The van der Waals surface area contributed by atoms with Gasteiger partial charge in [-0.15, -0.1) is 0 Å². The van der Waals surface area contributed by atoms with Crippen LogP contribution in [0.3, 0.4) is 0 Å². The molecule has 0 aromatic heterocycles. The van der Waals surface area contributed by atoms with E-state index in [9.17, 15) is 9.90 Å². The summed E-state index contributed by atoms with van der Waals surface area (Å²) in [5, 5.41) is 18.1. The molecule has 0 aliphatic rings. The molecule has 0 spiro atoms. The van der Waals surface area contributed by atoms with Crippen LogP contribution in [0.5, 0.6) is 0 Å². The maximum Gasteiger partial charge on any atom is 0.214 e. The summed E-state index contributed by atoms with van der Waals surface area (Å²) in [7, 11) is 0. The van der Waals surface area contributed by atoms with Crippen LogP contribution in [-0.4, -0.2) is 33.3 Å². The molecule has 2 unspecified atom stereocenters. The molecule has 0 bridgehead atoms. The Labute approximate surface area is 95.6 Å². The third-order valence-electron chi connectivity index (χ3n) is 2.07. The zero-order valence-corrected chi connectivity index (χ0v) is 10.2. The van der Waals surface area contributed by atoms with E-state index in [4.69, 9.17) is 5.11 Å². The van der Waals surface area contributed by atoms with Crippen LogP contribution in [0.25, 0.3) is 0 Å². The highest BCUT2D eigenvalue weighted by Crippen LogP contribution is 2.23. The van der Waals surface area contributed by atoms with Gasteiger partial charge in [0.25, 0.3) is 0 Å². The van der Waals surface area contributed by atoms with Crippen molar-refractivity contribution in [3.63, 3.8) is 0 Å². The Kier molecular flexibility index (Phi) is 7.74. The summed E-state index contributed by atoms with van der Waals surface area (Å²) < 4.78 is 0. The Bertz CT molecular complexity index is 216. The monoisotopic (exact) mass is 232 g/mol. The molecule has 0 saturated heterocycles. The van der Waals surface area contributed by atoms with Gasteiger partial charge in [0.1, 0.15) is 0 Å². The standard InChI is InChI=1S/C11H20O3S/c1-4-5-6-10(9(13)7-12)15-11(14)8(2)3/h9-10,12-13H,2,4-7H2,1,3H3. The van der Waals surface area contributed by atoms with Gasteiger partial charge in [-0.2, -0.15) is 0 Å². The van der Waals surface area contributed by atoms with Crippen LogP contribution in [0.1, 0.15) is 33.1 Å². The second-order valence-corrected chi connectivity index (χ2v) is 4.83. The summed E-state index contributed by atoms with van der Waals surface area (Å²) in [5.41, 5.74) is 0.478. The number of unbranched alkanes of at least 4 members (excludes halogenated alkanes) is 1. The topological polar surface area (TPSA) is 57.5 Å². The van der Waals surface area contributed by atoms with Crippen molar-refractivity contribution in [1.29, 1.82) is 0 Å². The van der Waals surface area contributed by atoms with Crippen LogP contribution in [0, 0.1) is 0 Å². The summed E-state index contributed by atoms with van der Waals surface area (Å²) in [4.78, 5) is 11.4. The van der Waals surface area contributed by atoms with Crippen molar-refractivity contribution in [2.75, 3.05) is 6.61 Å². The minimum atomic E-state index is -0.829. The lowest BCUT2D eigenvalue weighted by Gasteiger charge is -2.19. The minimum Gasteiger partial charge on any atom is -0.394 e. The summed E-state index contributed by atoms with van der Waals surface area (Å²) >= 11 is 1.08. The molecule has 0 aromatic rings. The van der Waals surface area contributed by atoms with Crippen LogP contribution in [0.2, 0.25) is 0 Å². The molecule has 0 amide bonds. The number of aliphatic hydroxyl groups excluding tert-OH is 2. The van der Waals surface area contributed by atoms with E-state index in [1.54, 1.807) is 6.92 Å². The molecule has 2 N–H and O–H groups in total. The van der Waals surface area contributed by atoms with Crippen molar-refractivity contribution in [1.82, 2.24) is 0 Å². The highest BCUT2D eigenvalue weighted by atomic mass is 32.2. The van der Waals surface area contributed by atoms with Crippen LogP contribution in [0.4, 0.5) is 0 Å². The second-order valence-electron chi connectivity index (χ2n) is 3.62. The summed E-state index contributed by atoms with van der Waals surface area (Å²) in [5.74, 6) is 0. The smallest absolute Gasteiger partial charge is 0.214 e. The maximum absolute atomic E-state index is 11.4. The van der Waals surface area contributed by atoms with Crippen molar-refractivity contribution < 1.29 is 15.0 Å². The molecular formula is C11H20O3S. The highest BCUT2D eigenvalue weighted by Gasteiger charge is 2.22. The van der Waals surface area contributed by atoms with Crippen molar-refractivity contribution in [2.45, 2.75) is 44.5 Å². The van der Waals surface area contributed by atoms with E-state index in [0.29, 0.717) is 5.57 Å². The minimum absolute atomic E-state index is 0.108. The Morgan fingerprint density at radius 2 is 2.13 bits per heavy atom. The Hall–Kier alpha value is -0.320. The highest BCUT2D eigenvalue weighted by molar-refractivity contribution is 8.14. The second kappa shape index (κ2) is 7.91. The zero-order valence-electron chi connectivity index (χ0n) is 9.40. The average Bonchev–Trinajstić information content (AvgIpc) is 2.22. The number of hydrogen-bond donors (Lipinski definition) is 2. The van der Waals surface area contributed by atoms with Gasteiger partial charge in [0, 0.05) is 5.25 Å². The number of carbonyl (C=O) groups is 1. The Morgan fingerprint density at radius 1 is 1.53 bits per heavy atom. The first kappa shape index (κ1) is 14.7. The molecule has 3 nitrogen and oxygen atoms in total. The van der Waals surface area contributed by atoms with Crippen molar-refractivity contribution >= 4 is 16.9 Å². The fourth-order valence-corrected chi connectivity index (χ4v) is 2.09. The Morgan fingerprint density at radius 3 is 2.53 bits per heavy atom. The van der Waals surface area contributed by atoms with Crippen molar-refractivity contribution in [2.24, 2.45) is 0 Å². The molecule has 0 fully saturated rings. The van der Waals surface area contributed by atoms with Gasteiger partial charge in [-0.25, -0.2) is 0 Å². The van der Waals surface area contributed by atoms with Gasteiger partial charge in [-0.3, -0.25) is 4.79 Å². The van der Waals surface area contributed by atoms with E-state index in [-0.39, 0.29) is 17.0 Å². The lowest BCUT2D eigenvalue weighted by atomic mass is 10.1. The number of hydrogen-bond acceptors (Lipinski definition) is 4. The molecule has 4 heteroatoms. The zero-order chi connectivity index (χ0) is 11.8. The maximum atomic E-state index is 11.4. The van der Waals surface area contributed by atoms with E-state index >= 15 is 0 Å². The van der Waals surface area contributed by atoms with E-state index in [1.807, 2.05) is 6.92 Å². The van der Waals surface area contributed by atoms with Gasteiger partial charge in [-0.05, 0) is 18.9 Å². The van der Waals surface area contributed by atoms with Gasteiger partial charge < -0.3 is 10.2 Å². The first-order valence-corrected chi connectivity index (χ1v) is 6.06. The molecule has 88 valence electrons.